The number of aromatic nitrogens is 2. The third-order valence-electron chi connectivity index (χ3n) is 3.53. The van der Waals surface area contributed by atoms with Crippen molar-refractivity contribution < 1.29 is 4.92 Å². The fourth-order valence-corrected chi connectivity index (χ4v) is 3.37. The van der Waals surface area contributed by atoms with E-state index in [0.717, 1.165) is 6.54 Å². The molecule has 7 heteroatoms. The summed E-state index contributed by atoms with van der Waals surface area (Å²) < 4.78 is 1.69. The van der Waals surface area contributed by atoms with Crippen molar-refractivity contribution in [3.8, 4) is 0 Å². The molecule has 0 radical (unpaired) electrons. The minimum absolute atomic E-state index is 0.0479. The van der Waals surface area contributed by atoms with Crippen LogP contribution in [0.3, 0.4) is 0 Å². The van der Waals surface area contributed by atoms with Gasteiger partial charge < -0.3 is 5.32 Å². The predicted molar refractivity (Wildman–Crippen MR) is 73.1 cm³/mol. The lowest BCUT2D eigenvalue weighted by molar-refractivity contribution is -0.384. The van der Waals surface area contributed by atoms with Crippen LogP contribution in [-0.2, 0) is 7.05 Å². The maximum absolute atomic E-state index is 10.9. The Morgan fingerprint density at radius 1 is 1.61 bits per heavy atom. The molecule has 0 amide bonds. The van der Waals surface area contributed by atoms with E-state index in [1.165, 1.54) is 36.6 Å². The minimum Gasteiger partial charge on any atom is -0.361 e. The lowest BCUT2D eigenvalue weighted by atomic mass is 10.1. The Morgan fingerprint density at radius 2 is 2.28 bits per heavy atom. The van der Waals surface area contributed by atoms with Crippen LogP contribution in [0.1, 0.15) is 25.7 Å². The van der Waals surface area contributed by atoms with E-state index in [0.29, 0.717) is 5.82 Å². The summed E-state index contributed by atoms with van der Waals surface area (Å²) in [7, 11) is 1.69. The number of anilines is 1. The Morgan fingerprint density at radius 3 is 2.83 bits per heavy atom. The SMILES string of the molecule is CSC1(CNc2nn(C)cc2[N+](=O)[O-])CCCC1. The van der Waals surface area contributed by atoms with Gasteiger partial charge in [0.25, 0.3) is 0 Å². The number of thioether (sulfide) groups is 1. The standard InChI is InChI=1S/C11H18N4O2S/c1-14-7-9(15(16)17)10(13-14)12-8-11(18-2)5-3-4-6-11/h7H,3-6,8H2,1-2H3,(H,12,13). The predicted octanol–water partition coefficient (Wildman–Crippen LogP) is 2.42. The van der Waals surface area contributed by atoms with Crippen molar-refractivity contribution in [2.45, 2.75) is 30.4 Å². The van der Waals surface area contributed by atoms with E-state index in [4.69, 9.17) is 0 Å². The fourth-order valence-electron chi connectivity index (χ4n) is 2.45. The van der Waals surface area contributed by atoms with E-state index >= 15 is 0 Å². The molecule has 100 valence electrons. The number of hydrogen-bond donors (Lipinski definition) is 1. The first kappa shape index (κ1) is 13.2. The van der Waals surface area contributed by atoms with Crippen LogP contribution in [0, 0.1) is 10.1 Å². The molecule has 1 N–H and O–H groups in total. The summed E-state index contributed by atoms with van der Waals surface area (Å²) in [4.78, 5) is 10.5. The normalized spacial score (nSPS) is 17.9. The van der Waals surface area contributed by atoms with Crippen molar-refractivity contribution in [3.63, 3.8) is 0 Å². The Balaban J connectivity index is 2.07. The van der Waals surface area contributed by atoms with Crippen molar-refractivity contribution in [2.75, 3.05) is 18.1 Å². The molecule has 2 rings (SSSR count). The first-order valence-corrected chi connectivity index (χ1v) is 7.26. The summed E-state index contributed by atoms with van der Waals surface area (Å²) in [6.45, 7) is 0.742. The van der Waals surface area contributed by atoms with E-state index in [-0.39, 0.29) is 10.4 Å². The summed E-state index contributed by atoms with van der Waals surface area (Å²) in [5.41, 5.74) is 0.0479. The van der Waals surface area contributed by atoms with Gasteiger partial charge in [0.15, 0.2) is 0 Å². The van der Waals surface area contributed by atoms with Gasteiger partial charge in [0.1, 0.15) is 6.20 Å². The smallest absolute Gasteiger partial charge is 0.330 e. The van der Waals surface area contributed by atoms with E-state index in [1.54, 1.807) is 7.05 Å². The van der Waals surface area contributed by atoms with E-state index < -0.39 is 4.92 Å². The van der Waals surface area contributed by atoms with Crippen LogP contribution < -0.4 is 5.32 Å². The lowest BCUT2D eigenvalue weighted by Gasteiger charge is -2.26. The molecular formula is C11H18N4O2S. The van der Waals surface area contributed by atoms with Crippen LogP contribution in [0.5, 0.6) is 0 Å². The van der Waals surface area contributed by atoms with Crippen molar-refractivity contribution in [2.24, 2.45) is 7.05 Å². The van der Waals surface area contributed by atoms with E-state index in [1.807, 2.05) is 11.8 Å². The summed E-state index contributed by atoms with van der Waals surface area (Å²) in [5.74, 6) is 0.378. The molecule has 0 aromatic carbocycles. The van der Waals surface area contributed by atoms with Crippen molar-refractivity contribution >= 4 is 23.3 Å². The van der Waals surface area contributed by atoms with Crippen molar-refractivity contribution in [1.29, 1.82) is 0 Å². The van der Waals surface area contributed by atoms with Gasteiger partial charge in [-0.3, -0.25) is 14.8 Å². The highest BCUT2D eigenvalue weighted by Gasteiger charge is 2.33. The molecule has 0 saturated heterocycles. The second kappa shape index (κ2) is 5.17. The molecule has 18 heavy (non-hydrogen) atoms. The van der Waals surface area contributed by atoms with Gasteiger partial charge >= 0.3 is 5.69 Å². The summed E-state index contributed by atoms with van der Waals surface area (Å²) in [6, 6.07) is 0. The number of nitrogens with zero attached hydrogens (tertiary/aromatic N) is 3. The maximum Gasteiger partial charge on any atom is 0.330 e. The number of rotatable bonds is 5. The Kier molecular flexibility index (Phi) is 3.79. The van der Waals surface area contributed by atoms with E-state index in [2.05, 4.69) is 16.7 Å². The molecule has 0 unspecified atom stereocenters. The second-order valence-corrected chi connectivity index (χ2v) is 6.02. The molecule has 0 bridgehead atoms. The van der Waals surface area contributed by atoms with Gasteiger partial charge in [-0.05, 0) is 19.1 Å². The van der Waals surface area contributed by atoms with Gasteiger partial charge in [-0.2, -0.15) is 11.8 Å². The summed E-state index contributed by atoms with van der Waals surface area (Å²) in [6.07, 6.45) is 8.37. The zero-order valence-corrected chi connectivity index (χ0v) is 11.5. The maximum atomic E-state index is 10.9. The average molecular weight is 270 g/mol. The highest BCUT2D eigenvalue weighted by atomic mass is 32.2. The highest BCUT2D eigenvalue weighted by molar-refractivity contribution is 8.00. The first-order valence-electron chi connectivity index (χ1n) is 6.03. The third-order valence-corrected chi connectivity index (χ3v) is 4.95. The van der Waals surface area contributed by atoms with Gasteiger partial charge in [-0.25, -0.2) is 0 Å². The van der Waals surface area contributed by atoms with Crippen LogP contribution in [-0.4, -0.2) is 32.3 Å². The van der Waals surface area contributed by atoms with Gasteiger partial charge in [0.2, 0.25) is 5.82 Å². The Hall–Kier alpha value is -1.24. The molecular weight excluding hydrogens is 252 g/mol. The van der Waals surface area contributed by atoms with Crippen LogP contribution in [0.25, 0.3) is 0 Å². The molecule has 0 spiro atoms. The molecule has 1 aromatic heterocycles. The van der Waals surface area contributed by atoms with Gasteiger partial charge in [0.05, 0.1) is 4.92 Å². The third kappa shape index (κ3) is 2.60. The zero-order valence-electron chi connectivity index (χ0n) is 10.7. The topological polar surface area (TPSA) is 73.0 Å². The highest BCUT2D eigenvalue weighted by Crippen LogP contribution is 2.40. The lowest BCUT2D eigenvalue weighted by Crippen LogP contribution is -2.30. The molecule has 1 aliphatic rings. The molecule has 1 saturated carbocycles. The molecule has 1 heterocycles. The van der Waals surface area contributed by atoms with Gasteiger partial charge in [-0.15, -0.1) is 5.10 Å². The Labute approximate surface area is 110 Å². The quantitative estimate of drug-likeness (QED) is 0.657. The summed E-state index contributed by atoms with van der Waals surface area (Å²) >= 11 is 1.85. The molecule has 0 aliphatic heterocycles. The molecule has 1 aromatic rings. The number of aryl methyl sites for hydroxylation is 1. The first-order chi connectivity index (χ1) is 8.56. The number of nitrogens with one attached hydrogen (secondary N) is 1. The van der Waals surface area contributed by atoms with E-state index in [9.17, 15) is 10.1 Å². The summed E-state index contributed by atoms with van der Waals surface area (Å²) in [5, 5.41) is 18.2. The largest absolute Gasteiger partial charge is 0.361 e. The van der Waals surface area contributed by atoms with Crippen molar-refractivity contribution in [3.05, 3.63) is 16.3 Å². The zero-order chi connectivity index (χ0) is 13.2. The van der Waals surface area contributed by atoms with Crippen LogP contribution in [0.15, 0.2) is 6.20 Å². The van der Waals surface area contributed by atoms with Crippen molar-refractivity contribution in [1.82, 2.24) is 9.78 Å². The van der Waals surface area contributed by atoms with Gasteiger partial charge in [0, 0.05) is 18.3 Å². The van der Waals surface area contributed by atoms with Gasteiger partial charge in [-0.1, -0.05) is 12.8 Å². The Bertz CT molecular complexity index is 440. The minimum atomic E-state index is -0.393. The van der Waals surface area contributed by atoms with Crippen LogP contribution in [0.2, 0.25) is 0 Å². The second-order valence-electron chi connectivity index (χ2n) is 4.74. The average Bonchev–Trinajstić information content (AvgIpc) is 2.93. The molecule has 1 aliphatic carbocycles. The number of nitro groups is 1. The molecule has 0 atom stereocenters. The molecule has 6 nitrogen and oxygen atoms in total. The number of hydrogen-bond acceptors (Lipinski definition) is 5. The van der Waals surface area contributed by atoms with Crippen LogP contribution >= 0.6 is 11.8 Å². The fraction of sp³-hybridized carbons (Fsp3) is 0.727. The van der Waals surface area contributed by atoms with Crippen LogP contribution in [0.4, 0.5) is 11.5 Å². The molecule has 1 fully saturated rings. The monoisotopic (exact) mass is 270 g/mol.